The van der Waals surface area contributed by atoms with Crippen LogP contribution in [0.25, 0.3) is 10.9 Å². The minimum Gasteiger partial charge on any atom is -0.480 e. The number of nitrogens with two attached hydrogens (primary N) is 1. The number of aromatic nitrogens is 1. The highest BCUT2D eigenvalue weighted by Crippen LogP contribution is 2.55. The SMILES string of the molecule is Cn1c2c(c3ccccc31)C(C(=O)O)(C(F)(F)F)C(C#N)=C(N)O2. The Kier molecular flexibility index (Phi) is 3.06. The molecule has 24 heavy (non-hydrogen) atoms. The summed E-state index contributed by atoms with van der Waals surface area (Å²) in [6.07, 6.45) is -5.31. The molecule has 0 saturated carbocycles. The Morgan fingerprint density at radius 1 is 1.42 bits per heavy atom. The molecule has 1 aromatic carbocycles. The molecule has 1 atom stereocenters. The first-order valence-electron chi connectivity index (χ1n) is 6.64. The fraction of sp³-hybridized carbons (Fsp3) is 0.200. The first kappa shape index (κ1) is 15.7. The third kappa shape index (κ3) is 1.62. The number of nitriles is 1. The second kappa shape index (κ2) is 4.67. The number of fused-ring (bicyclic) bond motifs is 3. The highest BCUT2D eigenvalue weighted by Gasteiger charge is 2.69. The number of aryl methyl sites for hydroxylation is 1. The van der Waals surface area contributed by atoms with E-state index in [1.807, 2.05) is 0 Å². The van der Waals surface area contributed by atoms with Gasteiger partial charge < -0.3 is 20.1 Å². The van der Waals surface area contributed by atoms with Crippen molar-refractivity contribution in [3.05, 3.63) is 41.3 Å². The van der Waals surface area contributed by atoms with Crippen molar-refractivity contribution in [2.24, 2.45) is 12.8 Å². The van der Waals surface area contributed by atoms with Gasteiger partial charge in [0.1, 0.15) is 11.6 Å². The van der Waals surface area contributed by atoms with Crippen molar-refractivity contribution in [3.63, 3.8) is 0 Å². The Labute approximate surface area is 133 Å². The number of halogens is 3. The third-order valence-corrected chi connectivity index (χ3v) is 4.11. The molecule has 0 aliphatic carbocycles. The lowest BCUT2D eigenvalue weighted by molar-refractivity contribution is -0.197. The molecular formula is C15H10F3N3O3. The van der Waals surface area contributed by atoms with Crippen LogP contribution in [0.15, 0.2) is 35.7 Å². The fourth-order valence-corrected chi connectivity index (χ4v) is 3.07. The minimum absolute atomic E-state index is 0.0231. The lowest BCUT2D eigenvalue weighted by Crippen LogP contribution is -2.53. The van der Waals surface area contributed by atoms with Gasteiger partial charge in [0.2, 0.25) is 17.2 Å². The van der Waals surface area contributed by atoms with E-state index in [-0.39, 0.29) is 11.3 Å². The summed E-state index contributed by atoms with van der Waals surface area (Å²) < 4.78 is 48.4. The number of aliphatic carboxylic acids is 1. The Morgan fingerprint density at radius 2 is 2.04 bits per heavy atom. The van der Waals surface area contributed by atoms with Crippen molar-refractivity contribution >= 4 is 16.9 Å². The van der Waals surface area contributed by atoms with Gasteiger partial charge >= 0.3 is 12.1 Å². The maximum Gasteiger partial charge on any atom is 0.414 e. The summed E-state index contributed by atoms with van der Waals surface area (Å²) in [7, 11) is 1.43. The molecule has 2 heterocycles. The zero-order valence-electron chi connectivity index (χ0n) is 12.2. The lowest BCUT2D eigenvalue weighted by atomic mass is 9.72. The average Bonchev–Trinajstić information content (AvgIpc) is 2.78. The van der Waals surface area contributed by atoms with Crippen LogP contribution in [-0.4, -0.2) is 21.8 Å². The Bertz CT molecular complexity index is 952. The Morgan fingerprint density at radius 3 is 2.58 bits per heavy atom. The van der Waals surface area contributed by atoms with Crippen molar-refractivity contribution < 1.29 is 27.8 Å². The summed E-state index contributed by atoms with van der Waals surface area (Å²) in [5.41, 5.74) is 0.354. The van der Waals surface area contributed by atoms with Crippen LogP contribution in [0.3, 0.4) is 0 Å². The molecule has 1 aliphatic heterocycles. The van der Waals surface area contributed by atoms with Gasteiger partial charge in [0, 0.05) is 12.4 Å². The monoisotopic (exact) mass is 337 g/mol. The second-order valence-electron chi connectivity index (χ2n) is 5.26. The lowest BCUT2D eigenvalue weighted by Gasteiger charge is -2.35. The molecule has 0 radical (unpaired) electrons. The van der Waals surface area contributed by atoms with Gasteiger partial charge in [-0.25, -0.2) is 0 Å². The number of carboxylic acid groups (broad SMARTS) is 1. The predicted octanol–water partition coefficient (Wildman–Crippen LogP) is 2.15. The van der Waals surface area contributed by atoms with Gasteiger partial charge in [0.15, 0.2) is 0 Å². The largest absolute Gasteiger partial charge is 0.480 e. The van der Waals surface area contributed by atoms with Crippen molar-refractivity contribution in [2.75, 3.05) is 0 Å². The van der Waals surface area contributed by atoms with Crippen LogP contribution in [0, 0.1) is 11.3 Å². The van der Waals surface area contributed by atoms with Crippen LogP contribution < -0.4 is 10.5 Å². The van der Waals surface area contributed by atoms with E-state index in [0.29, 0.717) is 5.52 Å². The second-order valence-corrected chi connectivity index (χ2v) is 5.26. The quantitative estimate of drug-likeness (QED) is 0.830. The number of carboxylic acids is 1. The van der Waals surface area contributed by atoms with Crippen LogP contribution in [0.4, 0.5) is 13.2 Å². The maximum absolute atomic E-state index is 14.0. The standard InChI is InChI=1S/C15H10F3N3O3/c1-21-9-5-3-2-4-7(9)10-12(21)24-11(20)8(6-19)14(10,13(22)23)15(16,17)18/h2-5H,20H2,1H3,(H,22,23). The Hall–Kier alpha value is -3.15. The molecule has 1 aliphatic rings. The van der Waals surface area contributed by atoms with E-state index in [1.165, 1.54) is 35.9 Å². The molecular weight excluding hydrogens is 327 g/mol. The smallest absolute Gasteiger partial charge is 0.414 e. The summed E-state index contributed by atoms with van der Waals surface area (Å²) in [6.45, 7) is 0. The van der Waals surface area contributed by atoms with Gasteiger partial charge in [0.05, 0.1) is 11.1 Å². The summed E-state index contributed by atoms with van der Waals surface area (Å²) in [5.74, 6) is -3.47. The number of nitrogens with zero attached hydrogens (tertiary/aromatic N) is 2. The van der Waals surface area contributed by atoms with E-state index in [1.54, 1.807) is 6.07 Å². The summed E-state index contributed by atoms with van der Waals surface area (Å²) >= 11 is 0. The Balaban J connectivity index is 2.60. The number of benzene rings is 1. The molecule has 3 rings (SSSR count). The molecule has 1 unspecified atom stereocenters. The average molecular weight is 337 g/mol. The highest BCUT2D eigenvalue weighted by molar-refractivity contribution is 5.99. The van der Waals surface area contributed by atoms with Gasteiger partial charge in [-0.1, -0.05) is 18.2 Å². The van der Waals surface area contributed by atoms with E-state index < -0.39 is 34.6 Å². The molecule has 0 amide bonds. The molecule has 0 bridgehead atoms. The molecule has 3 N–H and O–H groups in total. The van der Waals surface area contributed by atoms with Crippen molar-refractivity contribution in [3.8, 4) is 11.9 Å². The van der Waals surface area contributed by atoms with Crippen LogP contribution in [0.2, 0.25) is 0 Å². The van der Waals surface area contributed by atoms with E-state index in [2.05, 4.69) is 0 Å². The number of hydrogen-bond donors (Lipinski definition) is 2. The third-order valence-electron chi connectivity index (χ3n) is 4.11. The van der Waals surface area contributed by atoms with Crippen molar-refractivity contribution in [1.29, 1.82) is 5.26 Å². The fourth-order valence-electron chi connectivity index (χ4n) is 3.07. The molecule has 0 saturated heterocycles. The minimum atomic E-state index is -5.31. The molecule has 0 fully saturated rings. The van der Waals surface area contributed by atoms with Crippen LogP contribution >= 0.6 is 0 Å². The summed E-state index contributed by atoms with van der Waals surface area (Å²) in [4.78, 5) is 11.8. The summed E-state index contributed by atoms with van der Waals surface area (Å²) in [5, 5.41) is 18.7. The first-order chi connectivity index (χ1) is 11.2. The van der Waals surface area contributed by atoms with Crippen molar-refractivity contribution in [2.45, 2.75) is 11.6 Å². The van der Waals surface area contributed by atoms with Gasteiger partial charge in [-0.3, -0.25) is 4.79 Å². The van der Waals surface area contributed by atoms with Crippen LogP contribution in [-0.2, 0) is 17.3 Å². The number of hydrogen-bond acceptors (Lipinski definition) is 4. The summed E-state index contributed by atoms with van der Waals surface area (Å²) in [6, 6.07) is 7.19. The topological polar surface area (TPSA) is 101 Å². The van der Waals surface area contributed by atoms with E-state index >= 15 is 0 Å². The van der Waals surface area contributed by atoms with Crippen LogP contribution in [0.5, 0.6) is 5.88 Å². The number of alkyl halides is 3. The molecule has 124 valence electrons. The molecule has 2 aromatic rings. The van der Waals surface area contributed by atoms with E-state index in [9.17, 15) is 28.3 Å². The van der Waals surface area contributed by atoms with Crippen molar-refractivity contribution in [1.82, 2.24) is 4.57 Å². The van der Waals surface area contributed by atoms with Crippen LogP contribution in [0.1, 0.15) is 5.56 Å². The predicted molar refractivity (Wildman–Crippen MR) is 75.7 cm³/mol. The number of para-hydroxylation sites is 1. The normalized spacial score (nSPS) is 20.5. The zero-order chi connectivity index (χ0) is 17.9. The first-order valence-corrected chi connectivity index (χ1v) is 6.64. The number of ether oxygens (including phenoxy) is 1. The van der Waals surface area contributed by atoms with Gasteiger partial charge in [0.25, 0.3) is 0 Å². The number of carbonyl (C=O) groups is 1. The molecule has 1 aromatic heterocycles. The van der Waals surface area contributed by atoms with Gasteiger partial charge in [-0.2, -0.15) is 18.4 Å². The van der Waals surface area contributed by atoms with Gasteiger partial charge in [-0.05, 0) is 6.07 Å². The molecule has 6 nitrogen and oxygen atoms in total. The molecule has 0 spiro atoms. The van der Waals surface area contributed by atoms with E-state index in [4.69, 9.17) is 10.5 Å². The highest BCUT2D eigenvalue weighted by atomic mass is 19.4. The molecule has 9 heteroatoms. The van der Waals surface area contributed by atoms with E-state index in [0.717, 1.165) is 0 Å². The number of rotatable bonds is 1. The zero-order valence-corrected chi connectivity index (χ0v) is 12.2. The van der Waals surface area contributed by atoms with Gasteiger partial charge in [-0.15, -0.1) is 0 Å². The maximum atomic E-state index is 14.0.